The molecule has 1 fully saturated rings. The highest BCUT2D eigenvalue weighted by atomic mass is 16.5. The van der Waals surface area contributed by atoms with Crippen LogP contribution >= 0.6 is 0 Å². The summed E-state index contributed by atoms with van der Waals surface area (Å²) in [5, 5.41) is 5.24. The number of carbonyl (C=O) groups is 2. The summed E-state index contributed by atoms with van der Waals surface area (Å²) in [6.45, 7) is 1.44. The van der Waals surface area contributed by atoms with Gasteiger partial charge in [-0.2, -0.15) is 0 Å². The highest BCUT2D eigenvalue weighted by Crippen LogP contribution is 2.29. The van der Waals surface area contributed by atoms with Crippen molar-refractivity contribution in [3.8, 4) is 11.5 Å². The quantitative estimate of drug-likeness (QED) is 0.681. The lowest BCUT2D eigenvalue weighted by molar-refractivity contribution is -0.120. The van der Waals surface area contributed by atoms with Crippen molar-refractivity contribution in [2.24, 2.45) is 0 Å². The molecule has 1 atom stereocenters. The summed E-state index contributed by atoms with van der Waals surface area (Å²) in [6, 6.07) is 8.62. The Morgan fingerprint density at radius 1 is 1.21 bits per heavy atom. The maximum atomic E-state index is 11.9. The van der Waals surface area contributed by atoms with Crippen molar-refractivity contribution in [2.75, 3.05) is 26.9 Å². The molecule has 0 spiro atoms. The van der Waals surface area contributed by atoms with Crippen molar-refractivity contribution in [2.45, 2.75) is 25.5 Å². The zero-order valence-electron chi connectivity index (χ0n) is 15.7. The Balaban J connectivity index is 1.45. The van der Waals surface area contributed by atoms with Gasteiger partial charge in [-0.05, 0) is 42.7 Å². The minimum atomic E-state index is -0.436. The van der Waals surface area contributed by atoms with Crippen molar-refractivity contribution >= 4 is 11.8 Å². The highest BCUT2D eigenvalue weighted by molar-refractivity contribution is 5.94. The molecule has 3 rings (SSSR count). The summed E-state index contributed by atoms with van der Waals surface area (Å²) in [5.41, 5.74) is 0.854. The van der Waals surface area contributed by atoms with Crippen LogP contribution in [0.4, 0.5) is 0 Å². The lowest BCUT2D eigenvalue weighted by Gasteiger charge is -2.15. The third-order valence-electron chi connectivity index (χ3n) is 4.32. The Bertz CT molecular complexity index is 784. The molecule has 0 saturated carbocycles. The normalized spacial score (nSPS) is 15.8. The predicted octanol–water partition coefficient (Wildman–Crippen LogP) is 1.89. The van der Waals surface area contributed by atoms with Crippen LogP contribution in [0.1, 0.15) is 29.0 Å². The third kappa shape index (κ3) is 5.50. The van der Waals surface area contributed by atoms with Crippen LogP contribution in [-0.4, -0.2) is 44.8 Å². The van der Waals surface area contributed by atoms with Crippen LogP contribution in [0.2, 0.25) is 0 Å². The van der Waals surface area contributed by atoms with Crippen LogP contribution < -0.4 is 20.1 Å². The summed E-state index contributed by atoms with van der Waals surface area (Å²) in [6.07, 6.45) is 3.59. The maximum Gasteiger partial charge on any atom is 0.287 e. The topological polar surface area (TPSA) is 99.0 Å². The molecule has 1 aliphatic heterocycles. The van der Waals surface area contributed by atoms with Gasteiger partial charge in [0, 0.05) is 13.2 Å². The number of carbonyl (C=O) groups excluding carboxylic acids is 2. The molecule has 28 heavy (non-hydrogen) atoms. The fourth-order valence-electron chi connectivity index (χ4n) is 2.82. The van der Waals surface area contributed by atoms with Crippen molar-refractivity contribution < 1.29 is 28.2 Å². The SMILES string of the molecule is COc1cc(CNC(=O)CNC(=O)c2ccco2)ccc1OC[C@H]1CCCO1. The molecule has 0 bridgehead atoms. The first kappa shape index (κ1) is 19.8. The van der Waals surface area contributed by atoms with Gasteiger partial charge < -0.3 is 29.3 Å². The molecule has 0 unspecified atom stereocenters. The van der Waals surface area contributed by atoms with E-state index in [0.717, 1.165) is 25.0 Å². The van der Waals surface area contributed by atoms with Gasteiger partial charge in [0.15, 0.2) is 17.3 Å². The van der Waals surface area contributed by atoms with E-state index in [1.165, 1.54) is 12.3 Å². The minimum absolute atomic E-state index is 0.125. The summed E-state index contributed by atoms with van der Waals surface area (Å²) >= 11 is 0. The van der Waals surface area contributed by atoms with E-state index in [4.69, 9.17) is 18.6 Å². The molecular formula is C20H24N2O6. The van der Waals surface area contributed by atoms with E-state index < -0.39 is 5.91 Å². The Hall–Kier alpha value is -3.00. The first-order valence-corrected chi connectivity index (χ1v) is 9.15. The molecule has 1 saturated heterocycles. The fourth-order valence-corrected chi connectivity index (χ4v) is 2.82. The van der Waals surface area contributed by atoms with E-state index in [9.17, 15) is 9.59 Å². The zero-order chi connectivity index (χ0) is 19.8. The van der Waals surface area contributed by atoms with Gasteiger partial charge in [0.25, 0.3) is 5.91 Å². The zero-order valence-corrected chi connectivity index (χ0v) is 15.7. The Morgan fingerprint density at radius 3 is 2.82 bits per heavy atom. The number of furan rings is 1. The molecule has 1 aromatic heterocycles. The van der Waals surface area contributed by atoms with Gasteiger partial charge >= 0.3 is 0 Å². The van der Waals surface area contributed by atoms with Gasteiger partial charge in [0.05, 0.1) is 26.0 Å². The molecule has 2 amide bonds. The average Bonchev–Trinajstić information content (AvgIpc) is 3.43. The number of methoxy groups -OCH3 is 1. The number of amides is 2. The Kier molecular flexibility index (Phi) is 6.91. The van der Waals surface area contributed by atoms with Crippen LogP contribution in [0, 0.1) is 0 Å². The predicted molar refractivity (Wildman–Crippen MR) is 100 cm³/mol. The van der Waals surface area contributed by atoms with Crippen LogP contribution in [0.5, 0.6) is 11.5 Å². The third-order valence-corrected chi connectivity index (χ3v) is 4.32. The van der Waals surface area contributed by atoms with Crippen LogP contribution in [0.15, 0.2) is 41.0 Å². The first-order valence-electron chi connectivity index (χ1n) is 9.15. The number of hydrogen-bond acceptors (Lipinski definition) is 6. The van der Waals surface area contributed by atoms with Gasteiger partial charge in [-0.1, -0.05) is 6.07 Å². The second kappa shape index (κ2) is 9.80. The summed E-state index contributed by atoms with van der Waals surface area (Å²) in [7, 11) is 1.57. The maximum absolute atomic E-state index is 11.9. The van der Waals surface area contributed by atoms with Crippen LogP contribution in [-0.2, 0) is 16.1 Å². The molecule has 8 nitrogen and oxygen atoms in total. The summed E-state index contributed by atoms with van der Waals surface area (Å²) < 4.78 is 21.7. The van der Waals surface area contributed by atoms with E-state index in [-0.39, 0.29) is 24.3 Å². The van der Waals surface area contributed by atoms with E-state index in [1.54, 1.807) is 13.2 Å². The van der Waals surface area contributed by atoms with Gasteiger partial charge in [0.1, 0.15) is 6.61 Å². The molecular weight excluding hydrogens is 364 g/mol. The number of benzene rings is 1. The smallest absolute Gasteiger partial charge is 0.287 e. The molecule has 1 aliphatic rings. The average molecular weight is 388 g/mol. The Morgan fingerprint density at radius 2 is 2.11 bits per heavy atom. The number of hydrogen-bond donors (Lipinski definition) is 2. The number of rotatable bonds is 9. The van der Waals surface area contributed by atoms with Gasteiger partial charge in [-0.25, -0.2) is 0 Å². The first-order chi connectivity index (χ1) is 13.7. The molecule has 150 valence electrons. The van der Waals surface area contributed by atoms with E-state index >= 15 is 0 Å². The van der Waals surface area contributed by atoms with Gasteiger partial charge in [-0.15, -0.1) is 0 Å². The molecule has 1 aromatic carbocycles. The van der Waals surface area contributed by atoms with Crippen LogP contribution in [0.3, 0.4) is 0 Å². The lowest BCUT2D eigenvalue weighted by Crippen LogP contribution is -2.36. The largest absolute Gasteiger partial charge is 0.493 e. The monoisotopic (exact) mass is 388 g/mol. The molecule has 0 aliphatic carbocycles. The molecule has 2 aromatic rings. The lowest BCUT2D eigenvalue weighted by atomic mass is 10.2. The minimum Gasteiger partial charge on any atom is -0.493 e. The van der Waals surface area contributed by atoms with E-state index in [1.807, 2.05) is 18.2 Å². The highest BCUT2D eigenvalue weighted by Gasteiger charge is 2.17. The molecule has 2 N–H and O–H groups in total. The van der Waals surface area contributed by atoms with Crippen molar-refractivity contribution in [1.29, 1.82) is 0 Å². The second-order valence-corrected chi connectivity index (χ2v) is 6.37. The summed E-state index contributed by atoms with van der Waals surface area (Å²) in [5.74, 6) is 0.651. The second-order valence-electron chi connectivity index (χ2n) is 6.37. The van der Waals surface area contributed by atoms with Crippen molar-refractivity contribution in [1.82, 2.24) is 10.6 Å². The van der Waals surface area contributed by atoms with Crippen LogP contribution in [0.25, 0.3) is 0 Å². The number of ether oxygens (including phenoxy) is 3. The summed E-state index contributed by atoms with van der Waals surface area (Å²) in [4.78, 5) is 23.7. The molecule has 8 heteroatoms. The Labute approximate surface area is 163 Å². The molecule has 0 radical (unpaired) electrons. The van der Waals surface area contributed by atoms with Gasteiger partial charge in [0.2, 0.25) is 5.91 Å². The van der Waals surface area contributed by atoms with Crippen molar-refractivity contribution in [3.63, 3.8) is 0 Å². The van der Waals surface area contributed by atoms with E-state index in [2.05, 4.69) is 10.6 Å². The number of nitrogens with one attached hydrogen (secondary N) is 2. The standard InChI is InChI=1S/C20H24N2O6/c1-25-18-10-14(6-7-16(18)28-13-15-4-2-8-26-15)11-21-19(23)12-22-20(24)17-5-3-9-27-17/h3,5-7,9-10,15H,2,4,8,11-13H2,1H3,(H,21,23)(H,22,24)/t15-/m1/s1. The van der Waals surface area contributed by atoms with Crippen molar-refractivity contribution in [3.05, 3.63) is 47.9 Å². The van der Waals surface area contributed by atoms with Gasteiger partial charge in [-0.3, -0.25) is 9.59 Å². The van der Waals surface area contributed by atoms with E-state index in [0.29, 0.717) is 24.7 Å². The molecule has 2 heterocycles. The fraction of sp³-hybridized carbons (Fsp3) is 0.400.